The number of nitrogen functional groups attached to an aromatic ring is 1. The minimum absolute atomic E-state index is 0.00440. The first kappa shape index (κ1) is 13.6. The lowest BCUT2D eigenvalue weighted by atomic mass is 10.1. The largest absolute Gasteiger partial charge is 0.399 e. The van der Waals surface area contributed by atoms with Crippen LogP contribution in [-0.4, -0.2) is 5.91 Å². The summed E-state index contributed by atoms with van der Waals surface area (Å²) in [5.41, 5.74) is 8.34. The average molecular weight is 319 g/mol. The fourth-order valence-corrected chi connectivity index (χ4v) is 2.18. The number of nitrogens with one attached hydrogen (secondary N) is 1. The van der Waals surface area contributed by atoms with Gasteiger partial charge in [0.15, 0.2) is 0 Å². The molecule has 2 aromatic carbocycles. The van der Waals surface area contributed by atoms with Gasteiger partial charge in [0.1, 0.15) is 0 Å². The summed E-state index contributed by atoms with van der Waals surface area (Å²) in [7, 11) is 0. The Morgan fingerprint density at radius 3 is 2.53 bits per heavy atom. The van der Waals surface area contributed by atoms with Crippen molar-refractivity contribution in [1.82, 2.24) is 5.32 Å². The van der Waals surface area contributed by atoms with Gasteiger partial charge in [-0.05, 0) is 35.4 Å². The van der Waals surface area contributed by atoms with Crippen molar-refractivity contribution < 1.29 is 4.79 Å². The van der Waals surface area contributed by atoms with E-state index in [-0.39, 0.29) is 5.91 Å². The maximum Gasteiger partial charge on any atom is 0.224 e. The number of carbonyl (C=O) groups is 1. The van der Waals surface area contributed by atoms with Gasteiger partial charge in [0.05, 0.1) is 6.42 Å². The quantitative estimate of drug-likeness (QED) is 0.852. The summed E-state index contributed by atoms with van der Waals surface area (Å²) in [6.45, 7) is 0.535. The van der Waals surface area contributed by atoms with Crippen molar-refractivity contribution in [2.45, 2.75) is 13.0 Å². The Kier molecular flexibility index (Phi) is 4.58. The minimum atomic E-state index is 0.00440. The zero-order chi connectivity index (χ0) is 13.7. The SMILES string of the molecule is Nc1ccc(CC(=O)NCc2cccc(Br)c2)cc1. The summed E-state index contributed by atoms with van der Waals surface area (Å²) in [6.07, 6.45) is 0.369. The van der Waals surface area contributed by atoms with Crippen LogP contribution in [0.1, 0.15) is 11.1 Å². The Labute approximate surface area is 121 Å². The Balaban J connectivity index is 1.86. The van der Waals surface area contributed by atoms with E-state index in [9.17, 15) is 4.79 Å². The summed E-state index contributed by atoms with van der Waals surface area (Å²) in [6, 6.07) is 15.2. The number of hydrogen-bond donors (Lipinski definition) is 2. The fourth-order valence-electron chi connectivity index (χ4n) is 1.73. The highest BCUT2D eigenvalue weighted by Gasteiger charge is 2.03. The van der Waals surface area contributed by atoms with Crippen molar-refractivity contribution in [3.05, 3.63) is 64.1 Å². The highest BCUT2D eigenvalue weighted by molar-refractivity contribution is 9.10. The van der Waals surface area contributed by atoms with Crippen LogP contribution in [-0.2, 0) is 17.8 Å². The molecule has 0 saturated heterocycles. The molecule has 0 heterocycles. The molecule has 2 aromatic rings. The molecule has 0 bridgehead atoms. The number of halogens is 1. The highest BCUT2D eigenvalue weighted by Crippen LogP contribution is 2.11. The molecule has 0 aliphatic carbocycles. The van der Waals surface area contributed by atoms with Crippen LogP contribution in [0.15, 0.2) is 53.0 Å². The Morgan fingerprint density at radius 1 is 1.11 bits per heavy atom. The fraction of sp³-hybridized carbons (Fsp3) is 0.133. The maximum atomic E-state index is 11.8. The van der Waals surface area contributed by atoms with Crippen molar-refractivity contribution in [2.75, 3.05) is 5.73 Å². The van der Waals surface area contributed by atoms with E-state index in [1.54, 1.807) is 12.1 Å². The van der Waals surface area contributed by atoms with Crippen LogP contribution in [0.2, 0.25) is 0 Å². The second-order valence-electron chi connectivity index (χ2n) is 4.33. The third-order valence-electron chi connectivity index (χ3n) is 2.72. The molecule has 0 spiro atoms. The Morgan fingerprint density at radius 2 is 1.84 bits per heavy atom. The lowest BCUT2D eigenvalue weighted by molar-refractivity contribution is -0.120. The van der Waals surface area contributed by atoms with E-state index in [4.69, 9.17) is 5.73 Å². The Bertz CT molecular complexity index is 567. The molecule has 0 aliphatic heterocycles. The molecule has 0 radical (unpaired) electrons. The van der Waals surface area contributed by atoms with Gasteiger partial charge in [0, 0.05) is 16.7 Å². The first-order valence-corrected chi connectivity index (χ1v) is 6.78. The third kappa shape index (κ3) is 4.41. The van der Waals surface area contributed by atoms with Crippen molar-refractivity contribution in [2.24, 2.45) is 0 Å². The second-order valence-corrected chi connectivity index (χ2v) is 5.24. The molecule has 0 atom stereocenters. The van der Waals surface area contributed by atoms with E-state index in [2.05, 4.69) is 21.2 Å². The van der Waals surface area contributed by atoms with E-state index < -0.39 is 0 Å². The summed E-state index contributed by atoms with van der Waals surface area (Å²) in [5, 5.41) is 2.90. The molecule has 98 valence electrons. The third-order valence-corrected chi connectivity index (χ3v) is 3.22. The monoisotopic (exact) mass is 318 g/mol. The Hall–Kier alpha value is -1.81. The molecule has 4 heteroatoms. The van der Waals surface area contributed by atoms with Gasteiger partial charge < -0.3 is 11.1 Å². The normalized spacial score (nSPS) is 10.2. The predicted octanol–water partition coefficient (Wildman–Crippen LogP) is 2.89. The number of benzene rings is 2. The molecule has 3 nitrogen and oxygen atoms in total. The highest BCUT2D eigenvalue weighted by atomic mass is 79.9. The lowest BCUT2D eigenvalue weighted by Gasteiger charge is -2.06. The van der Waals surface area contributed by atoms with Crippen LogP contribution in [0.25, 0.3) is 0 Å². The number of anilines is 1. The summed E-state index contributed by atoms with van der Waals surface area (Å²) in [5.74, 6) is 0.00440. The van der Waals surface area contributed by atoms with E-state index >= 15 is 0 Å². The standard InChI is InChI=1S/C15H15BrN2O/c16-13-3-1-2-12(8-13)10-18-15(19)9-11-4-6-14(17)7-5-11/h1-8H,9-10,17H2,(H,18,19). The average Bonchev–Trinajstić information content (AvgIpc) is 2.39. The zero-order valence-electron chi connectivity index (χ0n) is 10.4. The van der Waals surface area contributed by atoms with E-state index in [1.807, 2.05) is 36.4 Å². The van der Waals surface area contributed by atoms with Gasteiger partial charge in [0.2, 0.25) is 5.91 Å². The van der Waals surface area contributed by atoms with Crippen molar-refractivity contribution in [3.63, 3.8) is 0 Å². The lowest BCUT2D eigenvalue weighted by Crippen LogP contribution is -2.24. The predicted molar refractivity (Wildman–Crippen MR) is 80.5 cm³/mol. The molecule has 2 rings (SSSR count). The van der Waals surface area contributed by atoms with E-state index in [0.717, 1.165) is 15.6 Å². The van der Waals surface area contributed by atoms with Crippen LogP contribution in [0.4, 0.5) is 5.69 Å². The van der Waals surface area contributed by atoms with Gasteiger partial charge in [0.25, 0.3) is 0 Å². The summed E-state index contributed by atoms with van der Waals surface area (Å²) < 4.78 is 1.01. The van der Waals surface area contributed by atoms with Crippen molar-refractivity contribution in [1.29, 1.82) is 0 Å². The van der Waals surface area contributed by atoms with Crippen LogP contribution >= 0.6 is 15.9 Å². The first-order valence-electron chi connectivity index (χ1n) is 5.99. The summed E-state index contributed by atoms with van der Waals surface area (Å²) in [4.78, 5) is 11.8. The number of nitrogens with two attached hydrogens (primary N) is 1. The molecule has 1 amide bonds. The first-order chi connectivity index (χ1) is 9.13. The van der Waals surface area contributed by atoms with Gasteiger partial charge in [-0.15, -0.1) is 0 Å². The molecule has 0 saturated carbocycles. The second kappa shape index (κ2) is 6.38. The molecule has 19 heavy (non-hydrogen) atoms. The number of amides is 1. The molecule has 3 N–H and O–H groups in total. The number of hydrogen-bond acceptors (Lipinski definition) is 2. The van der Waals surface area contributed by atoms with Crippen LogP contribution in [0.3, 0.4) is 0 Å². The van der Waals surface area contributed by atoms with Gasteiger partial charge in [-0.1, -0.05) is 40.2 Å². The van der Waals surface area contributed by atoms with Gasteiger partial charge in [-0.2, -0.15) is 0 Å². The van der Waals surface area contributed by atoms with Gasteiger partial charge >= 0.3 is 0 Å². The summed E-state index contributed by atoms with van der Waals surface area (Å²) >= 11 is 3.41. The minimum Gasteiger partial charge on any atom is -0.399 e. The van der Waals surface area contributed by atoms with Crippen LogP contribution in [0.5, 0.6) is 0 Å². The van der Waals surface area contributed by atoms with Crippen molar-refractivity contribution >= 4 is 27.5 Å². The smallest absolute Gasteiger partial charge is 0.224 e. The maximum absolute atomic E-state index is 11.8. The number of rotatable bonds is 4. The molecule has 0 aliphatic rings. The van der Waals surface area contributed by atoms with Gasteiger partial charge in [-0.25, -0.2) is 0 Å². The number of carbonyl (C=O) groups excluding carboxylic acids is 1. The van der Waals surface area contributed by atoms with E-state index in [1.165, 1.54) is 0 Å². The van der Waals surface area contributed by atoms with Gasteiger partial charge in [-0.3, -0.25) is 4.79 Å². The zero-order valence-corrected chi connectivity index (χ0v) is 12.0. The van der Waals surface area contributed by atoms with Crippen LogP contribution < -0.4 is 11.1 Å². The molecule has 0 unspecified atom stereocenters. The van der Waals surface area contributed by atoms with Crippen LogP contribution in [0, 0.1) is 0 Å². The topological polar surface area (TPSA) is 55.1 Å². The molecule has 0 fully saturated rings. The molecule has 0 aromatic heterocycles. The van der Waals surface area contributed by atoms with Crippen molar-refractivity contribution in [3.8, 4) is 0 Å². The van der Waals surface area contributed by atoms with E-state index in [0.29, 0.717) is 18.7 Å². The molecular formula is C15H15BrN2O. The molecular weight excluding hydrogens is 304 g/mol.